The number of aryl methyl sites for hydroxylation is 1. The molecule has 1 aliphatic heterocycles. The van der Waals surface area contributed by atoms with Crippen LogP contribution < -0.4 is 9.46 Å². The molecular weight excluding hydrogens is 487 g/mol. The van der Waals surface area contributed by atoms with Crippen LogP contribution in [0.4, 0.5) is 10.1 Å². The summed E-state index contributed by atoms with van der Waals surface area (Å²) in [5.74, 6) is -1.88. The molecule has 0 amide bonds. The number of hydrogen-bond acceptors (Lipinski definition) is 6. The molecule has 1 aromatic heterocycles. The fourth-order valence-corrected chi connectivity index (χ4v) is 6.05. The first-order valence-corrected chi connectivity index (χ1v) is 11.2. The van der Waals surface area contributed by atoms with Gasteiger partial charge < -0.3 is 9.84 Å². The summed E-state index contributed by atoms with van der Waals surface area (Å²) in [6.07, 6.45) is 0. The van der Waals surface area contributed by atoms with E-state index in [1.165, 1.54) is 17.6 Å². The number of nitrogens with one attached hydrogen (secondary N) is 1. The van der Waals surface area contributed by atoms with Crippen molar-refractivity contribution in [1.29, 1.82) is 0 Å². The largest absolute Gasteiger partial charge is 0.487 e. The third-order valence-electron chi connectivity index (χ3n) is 4.39. The van der Waals surface area contributed by atoms with Gasteiger partial charge >= 0.3 is 5.97 Å². The lowest BCUT2D eigenvalue weighted by atomic mass is 10.0. The number of rotatable bonds is 4. The van der Waals surface area contributed by atoms with Crippen molar-refractivity contribution in [2.75, 3.05) is 4.72 Å². The Morgan fingerprint density at radius 3 is 2.79 bits per heavy atom. The van der Waals surface area contributed by atoms with Gasteiger partial charge in [0.05, 0.1) is 16.3 Å². The van der Waals surface area contributed by atoms with E-state index in [0.717, 1.165) is 34.3 Å². The van der Waals surface area contributed by atoms with Crippen molar-refractivity contribution in [2.24, 2.45) is 0 Å². The number of aromatic carboxylic acids is 1. The normalized spacial score (nSPS) is 12.7. The maximum Gasteiger partial charge on any atom is 0.341 e. The van der Waals surface area contributed by atoms with Crippen molar-refractivity contribution >= 4 is 49.1 Å². The summed E-state index contributed by atoms with van der Waals surface area (Å²) in [6.45, 7) is 1.98. The zero-order valence-corrected chi connectivity index (χ0v) is 17.9. The SMILES string of the molecule is Cc1nsc2c1COc1c-2ccc(NS(=O)(=O)c2ccc(F)cc2Br)c1C(=O)O. The molecule has 4 rings (SSSR count). The van der Waals surface area contributed by atoms with Gasteiger partial charge in [-0.15, -0.1) is 0 Å². The van der Waals surface area contributed by atoms with Crippen LogP contribution in [-0.2, 0) is 16.6 Å². The molecule has 0 aliphatic carbocycles. The number of carbonyl (C=O) groups is 1. The molecule has 150 valence electrons. The van der Waals surface area contributed by atoms with Crippen LogP contribution in [0.25, 0.3) is 10.4 Å². The van der Waals surface area contributed by atoms with Gasteiger partial charge in [0.1, 0.15) is 28.6 Å². The highest BCUT2D eigenvalue weighted by atomic mass is 79.9. The number of halogens is 2. The first-order chi connectivity index (χ1) is 13.7. The Labute approximate surface area is 177 Å². The molecule has 0 unspecified atom stereocenters. The van der Waals surface area contributed by atoms with Crippen LogP contribution in [0.5, 0.6) is 5.75 Å². The Morgan fingerprint density at radius 1 is 1.34 bits per heavy atom. The van der Waals surface area contributed by atoms with Gasteiger partial charge in [0.15, 0.2) is 0 Å². The Balaban J connectivity index is 1.83. The highest BCUT2D eigenvalue weighted by Crippen LogP contribution is 2.45. The van der Waals surface area contributed by atoms with Crippen molar-refractivity contribution in [3.05, 3.63) is 57.4 Å². The first-order valence-electron chi connectivity index (χ1n) is 8.15. The molecule has 3 aromatic rings. The standard InChI is InChI=1S/C18H12BrFN2O5S2/c1-8-11-7-27-16-10(17(11)28-21-8)3-4-13(15(16)18(23)24)22-29(25,26)14-5-2-9(20)6-12(14)19/h2-6,22H,7H2,1H3,(H,23,24). The lowest BCUT2D eigenvalue weighted by Crippen LogP contribution is -2.18. The third kappa shape index (κ3) is 3.38. The fourth-order valence-electron chi connectivity index (χ4n) is 3.02. The molecule has 0 saturated carbocycles. The minimum Gasteiger partial charge on any atom is -0.487 e. The van der Waals surface area contributed by atoms with E-state index in [1.807, 2.05) is 6.92 Å². The zero-order valence-electron chi connectivity index (χ0n) is 14.7. The van der Waals surface area contributed by atoms with Crippen LogP contribution >= 0.6 is 27.5 Å². The molecule has 29 heavy (non-hydrogen) atoms. The van der Waals surface area contributed by atoms with Crippen LogP contribution in [0, 0.1) is 12.7 Å². The average Bonchev–Trinajstić information content (AvgIpc) is 3.01. The Hall–Kier alpha value is -2.50. The van der Waals surface area contributed by atoms with E-state index in [2.05, 4.69) is 25.0 Å². The quantitative estimate of drug-likeness (QED) is 0.551. The topological polar surface area (TPSA) is 106 Å². The van der Waals surface area contributed by atoms with E-state index in [0.29, 0.717) is 5.56 Å². The minimum atomic E-state index is -4.19. The number of sulfonamides is 1. The van der Waals surface area contributed by atoms with E-state index in [-0.39, 0.29) is 33.0 Å². The van der Waals surface area contributed by atoms with Crippen LogP contribution in [0.3, 0.4) is 0 Å². The third-order valence-corrected chi connectivity index (χ3v) is 7.75. The molecule has 7 nitrogen and oxygen atoms in total. The van der Waals surface area contributed by atoms with Crippen molar-refractivity contribution < 1.29 is 27.4 Å². The molecule has 0 bridgehead atoms. The number of aromatic nitrogens is 1. The van der Waals surface area contributed by atoms with Crippen molar-refractivity contribution in [3.63, 3.8) is 0 Å². The first kappa shape index (κ1) is 19.8. The predicted molar refractivity (Wildman–Crippen MR) is 108 cm³/mol. The van der Waals surface area contributed by atoms with Crippen LogP contribution in [0.1, 0.15) is 21.6 Å². The van der Waals surface area contributed by atoms with Crippen LogP contribution in [0.2, 0.25) is 0 Å². The van der Waals surface area contributed by atoms with Crippen LogP contribution in [-0.4, -0.2) is 23.9 Å². The Morgan fingerprint density at radius 2 is 2.10 bits per heavy atom. The highest BCUT2D eigenvalue weighted by Gasteiger charge is 2.30. The van der Waals surface area contributed by atoms with Gasteiger partial charge in [0, 0.05) is 15.6 Å². The summed E-state index contributed by atoms with van der Waals surface area (Å²) in [5, 5.41) is 9.75. The van der Waals surface area contributed by atoms with Crippen LogP contribution in [0.15, 0.2) is 39.7 Å². The molecule has 2 aromatic carbocycles. The summed E-state index contributed by atoms with van der Waals surface area (Å²) in [7, 11) is -4.19. The van der Waals surface area contributed by atoms with E-state index in [1.54, 1.807) is 6.07 Å². The van der Waals surface area contributed by atoms with Gasteiger partial charge in [-0.2, -0.15) is 4.37 Å². The number of hydrogen-bond donors (Lipinski definition) is 2. The summed E-state index contributed by atoms with van der Waals surface area (Å²) >= 11 is 4.25. The maximum atomic E-state index is 13.3. The monoisotopic (exact) mass is 498 g/mol. The summed E-state index contributed by atoms with van der Waals surface area (Å²) in [5.41, 5.74) is 1.76. The molecule has 0 fully saturated rings. The fraction of sp³-hybridized carbons (Fsp3) is 0.111. The van der Waals surface area contributed by atoms with E-state index in [9.17, 15) is 22.7 Å². The van der Waals surface area contributed by atoms with Gasteiger partial charge in [-0.3, -0.25) is 4.72 Å². The molecule has 0 saturated heterocycles. The second-order valence-corrected chi connectivity index (χ2v) is 9.49. The summed E-state index contributed by atoms with van der Waals surface area (Å²) in [4.78, 5) is 12.5. The molecule has 0 radical (unpaired) electrons. The molecule has 2 N–H and O–H groups in total. The predicted octanol–water partition coefficient (Wildman–Crippen LogP) is 4.41. The van der Waals surface area contributed by atoms with Gasteiger partial charge in [-0.1, -0.05) is 0 Å². The van der Waals surface area contributed by atoms with E-state index < -0.39 is 21.8 Å². The Kier molecular flexibility index (Phi) is 4.83. The Bertz CT molecular complexity index is 1270. The average molecular weight is 499 g/mol. The molecule has 2 heterocycles. The molecule has 1 aliphatic rings. The number of nitrogens with zero attached hydrogens (tertiary/aromatic N) is 1. The maximum absolute atomic E-state index is 13.3. The lowest BCUT2D eigenvalue weighted by Gasteiger charge is -2.21. The lowest BCUT2D eigenvalue weighted by molar-refractivity contribution is 0.0693. The second-order valence-electron chi connectivity index (χ2n) is 6.21. The number of carboxylic acids is 1. The number of carboxylic acid groups (broad SMARTS) is 1. The minimum absolute atomic E-state index is 0.0147. The zero-order chi connectivity index (χ0) is 20.9. The molecule has 11 heteroatoms. The van der Waals surface area contributed by atoms with Crippen molar-refractivity contribution in [1.82, 2.24) is 4.37 Å². The molecule has 0 atom stereocenters. The summed E-state index contributed by atoms with van der Waals surface area (Å²) < 4.78 is 51.1. The second kappa shape index (κ2) is 7.08. The highest BCUT2D eigenvalue weighted by molar-refractivity contribution is 9.10. The van der Waals surface area contributed by atoms with Crippen molar-refractivity contribution in [2.45, 2.75) is 18.4 Å². The van der Waals surface area contributed by atoms with Gasteiger partial charge in [0.2, 0.25) is 0 Å². The number of ether oxygens (including phenoxy) is 1. The molecule has 0 spiro atoms. The summed E-state index contributed by atoms with van der Waals surface area (Å²) in [6, 6.07) is 6.06. The van der Waals surface area contributed by atoms with Gasteiger partial charge in [-0.05, 0) is 64.7 Å². The number of anilines is 1. The smallest absolute Gasteiger partial charge is 0.341 e. The number of fused-ring (bicyclic) bond motifs is 3. The van der Waals surface area contributed by atoms with Crippen molar-refractivity contribution in [3.8, 4) is 16.2 Å². The van der Waals surface area contributed by atoms with E-state index >= 15 is 0 Å². The number of benzene rings is 2. The molecular formula is C18H12BrFN2O5S2. The van der Waals surface area contributed by atoms with Gasteiger partial charge in [-0.25, -0.2) is 17.6 Å². The van der Waals surface area contributed by atoms with E-state index in [4.69, 9.17) is 4.74 Å². The van der Waals surface area contributed by atoms with Gasteiger partial charge in [0.25, 0.3) is 10.0 Å².